The lowest BCUT2D eigenvalue weighted by molar-refractivity contribution is -0.0127. The molecule has 1 aliphatic heterocycles. The number of rotatable bonds is 5. The van der Waals surface area contributed by atoms with E-state index in [0.29, 0.717) is 12.6 Å². The Bertz CT molecular complexity index is 409. The molecule has 0 aliphatic carbocycles. The van der Waals surface area contributed by atoms with Crippen LogP contribution in [0.25, 0.3) is 0 Å². The lowest BCUT2D eigenvalue weighted by Crippen LogP contribution is -2.44. The maximum atomic E-state index is 5.77. The predicted octanol–water partition coefficient (Wildman–Crippen LogP) is 1.76. The Balaban J connectivity index is 2.09. The van der Waals surface area contributed by atoms with E-state index < -0.39 is 0 Å². The second kappa shape index (κ2) is 6.89. The third-order valence-corrected chi connectivity index (χ3v) is 3.77. The fourth-order valence-electron chi connectivity index (χ4n) is 2.60. The van der Waals surface area contributed by atoms with Crippen LogP contribution in [0.3, 0.4) is 0 Å². The zero-order valence-corrected chi connectivity index (χ0v) is 11.9. The van der Waals surface area contributed by atoms with Crippen LogP contribution in [0.15, 0.2) is 18.2 Å². The minimum atomic E-state index is 0.511. The highest BCUT2D eigenvalue weighted by Gasteiger charge is 2.21. The van der Waals surface area contributed by atoms with Crippen LogP contribution in [-0.4, -0.2) is 37.8 Å². The van der Waals surface area contributed by atoms with Gasteiger partial charge in [-0.15, -0.1) is 0 Å². The van der Waals surface area contributed by atoms with E-state index in [9.17, 15) is 0 Å². The second-order valence-corrected chi connectivity index (χ2v) is 4.96. The monoisotopic (exact) mass is 264 g/mol. The molecule has 2 N–H and O–H groups in total. The van der Waals surface area contributed by atoms with Gasteiger partial charge in [-0.3, -0.25) is 4.90 Å². The molecule has 0 radical (unpaired) electrons. The molecule has 0 bridgehead atoms. The topological polar surface area (TPSA) is 47.7 Å². The number of hydrogen-bond donors (Lipinski definition) is 1. The molecule has 1 aromatic carbocycles. The molecule has 2 rings (SSSR count). The summed E-state index contributed by atoms with van der Waals surface area (Å²) >= 11 is 0. The number of benzene rings is 1. The summed E-state index contributed by atoms with van der Waals surface area (Å²) in [6.45, 7) is 6.36. The Morgan fingerprint density at radius 3 is 3.00 bits per heavy atom. The van der Waals surface area contributed by atoms with Crippen molar-refractivity contribution in [1.82, 2.24) is 4.90 Å². The zero-order valence-electron chi connectivity index (χ0n) is 11.9. The first-order valence-corrected chi connectivity index (χ1v) is 6.96. The first-order chi connectivity index (χ1) is 9.28. The molecule has 106 valence electrons. The number of ether oxygens (including phenoxy) is 2. The lowest BCUT2D eigenvalue weighted by Gasteiger charge is -2.35. The van der Waals surface area contributed by atoms with Gasteiger partial charge >= 0.3 is 0 Å². The highest BCUT2D eigenvalue weighted by atomic mass is 16.5. The minimum absolute atomic E-state index is 0.511. The largest absolute Gasteiger partial charge is 0.496 e. The fourth-order valence-corrected chi connectivity index (χ4v) is 2.60. The van der Waals surface area contributed by atoms with Crippen LogP contribution >= 0.6 is 0 Å². The number of methoxy groups -OCH3 is 1. The Morgan fingerprint density at radius 1 is 1.47 bits per heavy atom. The molecule has 1 fully saturated rings. The number of nitrogens with zero attached hydrogens (tertiary/aromatic N) is 1. The van der Waals surface area contributed by atoms with Crippen molar-refractivity contribution in [3.8, 4) is 5.75 Å². The zero-order chi connectivity index (χ0) is 13.7. The predicted molar refractivity (Wildman–Crippen MR) is 76.2 cm³/mol. The van der Waals surface area contributed by atoms with Crippen LogP contribution in [0, 0.1) is 0 Å². The molecular formula is C15H24N2O2. The van der Waals surface area contributed by atoms with Crippen molar-refractivity contribution in [2.75, 3.05) is 26.9 Å². The van der Waals surface area contributed by atoms with Gasteiger partial charge in [-0.05, 0) is 24.1 Å². The molecule has 19 heavy (non-hydrogen) atoms. The van der Waals surface area contributed by atoms with Gasteiger partial charge in [0.1, 0.15) is 5.75 Å². The number of hydrogen-bond acceptors (Lipinski definition) is 4. The van der Waals surface area contributed by atoms with E-state index in [-0.39, 0.29) is 0 Å². The summed E-state index contributed by atoms with van der Waals surface area (Å²) in [6.07, 6.45) is 1.12. The van der Waals surface area contributed by atoms with Gasteiger partial charge in [-0.1, -0.05) is 13.0 Å². The van der Waals surface area contributed by atoms with Gasteiger partial charge in [0, 0.05) is 31.2 Å². The molecule has 1 saturated heterocycles. The van der Waals surface area contributed by atoms with E-state index in [1.54, 1.807) is 7.11 Å². The van der Waals surface area contributed by atoms with E-state index in [1.807, 2.05) is 6.07 Å². The Kier molecular flexibility index (Phi) is 5.19. The summed E-state index contributed by atoms with van der Waals surface area (Å²) in [5.74, 6) is 0.875. The van der Waals surface area contributed by atoms with Gasteiger partial charge in [0.05, 0.1) is 20.3 Å². The molecule has 1 atom stereocenters. The average molecular weight is 264 g/mol. The molecule has 1 aromatic rings. The highest BCUT2D eigenvalue weighted by molar-refractivity contribution is 5.37. The van der Waals surface area contributed by atoms with Crippen molar-refractivity contribution >= 4 is 0 Å². The molecule has 0 aromatic heterocycles. The lowest BCUT2D eigenvalue weighted by atomic mass is 10.1. The van der Waals surface area contributed by atoms with Gasteiger partial charge in [0.15, 0.2) is 0 Å². The molecule has 0 amide bonds. The first kappa shape index (κ1) is 14.3. The van der Waals surface area contributed by atoms with Gasteiger partial charge in [-0.2, -0.15) is 0 Å². The van der Waals surface area contributed by atoms with Crippen LogP contribution in [-0.2, 0) is 17.8 Å². The maximum absolute atomic E-state index is 5.77. The van der Waals surface area contributed by atoms with Gasteiger partial charge < -0.3 is 15.2 Å². The van der Waals surface area contributed by atoms with Gasteiger partial charge in [-0.25, -0.2) is 0 Å². The Hall–Kier alpha value is -1.10. The first-order valence-electron chi connectivity index (χ1n) is 6.96. The van der Waals surface area contributed by atoms with E-state index in [2.05, 4.69) is 24.0 Å². The highest BCUT2D eigenvalue weighted by Crippen LogP contribution is 2.21. The smallest absolute Gasteiger partial charge is 0.123 e. The summed E-state index contributed by atoms with van der Waals surface area (Å²) in [7, 11) is 1.68. The quantitative estimate of drug-likeness (QED) is 0.880. The third kappa shape index (κ3) is 3.47. The van der Waals surface area contributed by atoms with E-state index in [1.165, 1.54) is 5.56 Å². The molecule has 4 nitrogen and oxygen atoms in total. The van der Waals surface area contributed by atoms with E-state index in [0.717, 1.165) is 44.0 Å². The van der Waals surface area contributed by atoms with Gasteiger partial charge in [0.2, 0.25) is 0 Å². The van der Waals surface area contributed by atoms with Gasteiger partial charge in [0.25, 0.3) is 0 Å². The maximum Gasteiger partial charge on any atom is 0.123 e. The van der Waals surface area contributed by atoms with Crippen molar-refractivity contribution in [2.45, 2.75) is 32.5 Å². The average Bonchev–Trinajstić information content (AvgIpc) is 2.47. The fraction of sp³-hybridized carbons (Fsp3) is 0.600. The van der Waals surface area contributed by atoms with E-state index >= 15 is 0 Å². The summed E-state index contributed by atoms with van der Waals surface area (Å²) in [4.78, 5) is 2.49. The van der Waals surface area contributed by atoms with Crippen molar-refractivity contribution in [3.05, 3.63) is 29.3 Å². The van der Waals surface area contributed by atoms with Crippen molar-refractivity contribution in [2.24, 2.45) is 5.73 Å². The van der Waals surface area contributed by atoms with Crippen LogP contribution in [0.5, 0.6) is 5.75 Å². The normalized spacial score (nSPS) is 20.5. The summed E-state index contributed by atoms with van der Waals surface area (Å²) < 4.78 is 10.9. The van der Waals surface area contributed by atoms with Crippen molar-refractivity contribution in [3.63, 3.8) is 0 Å². The van der Waals surface area contributed by atoms with Crippen LogP contribution < -0.4 is 10.5 Å². The second-order valence-electron chi connectivity index (χ2n) is 4.96. The Morgan fingerprint density at radius 2 is 2.32 bits per heavy atom. The summed E-state index contributed by atoms with van der Waals surface area (Å²) in [6, 6.07) is 6.82. The van der Waals surface area contributed by atoms with Crippen molar-refractivity contribution < 1.29 is 9.47 Å². The van der Waals surface area contributed by atoms with Crippen LogP contribution in [0.1, 0.15) is 24.5 Å². The summed E-state index contributed by atoms with van der Waals surface area (Å²) in [5, 5.41) is 0. The number of morpholine rings is 1. The molecule has 0 saturated carbocycles. The van der Waals surface area contributed by atoms with Crippen LogP contribution in [0.4, 0.5) is 0 Å². The molecule has 0 spiro atoms. The third-order valence-electron chi connectivity index (χ3n) is 3.77. The molecule has 1 aliphatic rings. The number of nitrogens with two attached hydrogens (primary N) is 1. The molecular weight excluding hydrogens is 240 g/mol. The van der Waals surface area contributed by atoms with Crippen molar-refractivity contribution in [1.29, 1.82) is 0 Å². The van der Waals surface area contributed by atoms with E-state index in [4.69, 9.17) is 15.2 Å². The molecule has 1 heterocycles. The minimum Gasteiger partial charge on any atom is -0.496 e. The molecule has 1 unspecified atom stereocenters. The molecule has 4 heteroatoms. The van der Waals surface area contributed by atoms with Crippen LogP contribution in [0.2, 0.25) is 0 Å². The summed E-state index contributed by atoms with van der Waals surface area (Å²) in [5.41, 5.74) is 8.13. The Labute approximate surface area is 115 Å². The standard InChI is InChI=1S/C15H24N2O2/c1-3-14-11-19-7-6-17(14)10-12-4-5-15(18-2)13(8-12)9-16/h4-5,8,14H,3,6-7,9-11,16H2,1-2H3. The SMILES string of the molecule is CCC1COCCN1Cc1ccc(OC)c(CN)c1.